The molecule has 10 heteroatoms. The second-order valence-corrected chi connectivity index (χ2v) is 8.18. The van der Waals surface area contributed by atoms with Gasteiger partial charge in [-0.2, -0.15) is 5.10 Å². The van der Waals surface area contributed by atoms with E-state index in [1.807, 2.05) is 13.8 Å². The van der Waals surface area contributed by atoms with Gasteiger partial charge in [-0.25, -0.2) is 5.10 Å². The summed E-state index contributed by atoms with van der Waals surface area (Å²) in [5.41, 5.74) is 1.54. The molecule has 0 amide bonds. The largest absolute Gasteiger partial charge is 0.481 e. The maximum atomic E-state index is 11.7. The van der Waals surface area contributed by atoms with E-state index in [9.17, 15) is 9.36 Å². The first-order valence-electron chi connectivity index (χ1n) is 7.30. The maximum absolute atomic E-state index is 11.7. The molecule has 2 aromatic rings. The van der Waals surface area contributed by atoms with Crippen LogP contribution in [0.2, 0.25) is 10.0 Å². The van der Waals surface area contributed by atoms with Gasteiger partial charge < -0.3 is 14.5 Å². The van der Waals surface area contributed by atoms with Crippen molar-refractivity contribution in [1.29, 1.82) is 0 Å². The first-order valence-corrected chi connectivity index (χ1v) is 9.86. The molecule has 1 aromatic carbocycles. The van der Waals surface area contributed by atoms with Crippen molar-refractivity contribution < 1.29 is 19.1 Å². The van der Waals surface area contributed by atoms with E-state index >= 15 is 0 Å². The lowest BCUT2D eigenvalue weighted by molar-refractivity contribution is 0.300. The highest BCUT2D eigenvalue weighted by molar-refractivity contribution is 7.51. The highest BCUT2D eigenvalue weighted by Gasteiger charge is 2.17. The van der Waals surface area contributed by atoms with E-state index in [0.29, 0.717) is 16.8 Å². The minimum atomic E-state index is -4.30. The van der Waals surface area contributed by atoms with Gasteiger partial charge >= 0.3 is 7.60 Å². The summed E-state index contributed by atoms with van der Waals surface area (Å²) in [6, 6.07) is 4.55. The molecule has 0 unspecified atom stereocenters. The van der Waals surface area contributed by atoms with Crippen molar-refractivity contribution in [3.63, 3.8) is 0 Å². The first kappa shape index (κ1) is 19.9. The number of aromatic nitrogens is 2. The summed E-state index contributed by atoms with van der Waals surface area (Å²) >= 11 is 12.4. The molecule has 1 aromatic heterocycles. The molecule has 25 heavy (non-hydrogen) atoms. The second-order valence-electron chi connectivity index (χ2n) is 5.78. The van der Waals surface area contributed by atoms with Crippen molar-refractivity contribution in [2.45, 2.75) is 26.2 Å². The Bertz CT molecular complexity index is 855. The molecule has 0 saturated carbocycles. The van der Waals surface area contributed by atoms with Crippen molar-refractivity contribution in [2.75, 3.05) is 6.35 Å². The van der Waals surface area contributed by atoms with E-state index in [1.165, 1.54) is 12.1 Å². The van der Waals surface area contributed by atoms with Gasteiger partial charge in [-0.1, -0.05) is 37.0 Å². The highest BCUT2D eigenvalue weighted by Crippen LogP contribution is 2.37. The number of benzene rings is 1. The first-order chi connectivity index (χ1) is 11.6. The molecule has 0 aliphatic carbocycles. The van der Waals surface area contributed by atoms with Gasteiger partial charge in [0.2, 0.25) is 0 Å². The average Bonchev–Trinajstić information content (AvgIpc) is 2.49. The normalized spacial score (nSPS) is 11.8. The number of ether oxygens (including phenoxy) is 1. The molecule has 7 nitrogen and oxygen atoms in total. The molecular formula is C15H17Cl2N2O5P. The summed E-state index contributed by atoms with van der Waals surface area (Å²) in [5.74, 6) is 0.194. The Labute approximate surface area is 154 Å². The second kappa shape index (κ2) is 7.89. The van der Waals surface area contributed by atoms with Crippen LogP contribution in [0.3, 0.4) is 0 Å². The van der Waals surface area contributed by atoms with Gasteiger partial charge in [0.05, 0.1) is 5.69 Å². The van der Waals surface area contributed by atoms with Gasteiger partial charge in [0.1, 0.15) is 5.75 Å². The third kappa shape index (κ3) is 5.56. The summed E-state index contributed by atoms with van der Waals surface area (Å²) in [5, 5.41) is 7.00. The smallest absolute Gasteiger partial charge is 0.362 e. The van der Waals surface area contributed by atoms with Crippen LogP contribution in [0.5, 0.6) is 5.75 Å². The topological polar surface area (TPSA) is 113 Å². The Morgan fingerprint density at radius 2 is 1.84 bits per heavy atom. The Balaban J connectivity index is 2.27. The molecule has 0 radical (unpaired) electrons. The van der Waals surface area contributed by atoms with Crippen LogP contribution in [-0.4, -0.2) is 26.3 Å². The minimum absolute atomic E-state index is 0.0416. The lowest BCUT2D eigenvalue weighted by Gasteiger charge is -2.12. The summed E-state index contributed by atoms with van der Waals surface area (Å²) in [4.78, 5) is 29.4. The summed E-state index contributed by atoms with van der Waals surface area (Å²) in [6.07, 6.45) is -0.481. The number of halogens is 2. The van der Waals surface area contributed by atoms with E-state index in [-0.39, 0.29) is 33.7 Å². The molecular weight excluding hydrogens is 390 g/mol. The van der Waals surface area contributed by atoms with E-state index in [4.69, 9.17) is 37.7 Å². The number of aromatic amines is 1. The zero-order chi connectivity index (χ0) is 18.8. The molecule has 136 valence electrons. The zero-order valence-electron chi connectivity index (χ0n) is 13.5. The van der Waals surface area contributed by atoms with Crippen molar-refractivity contribution in [3.05, 3.63) is 55.4 Å². The average molecular weight is 407 g/mol. The van der Waals surface area contributed by atoms with Crippen molar-refractivity contribution in [2.24, 2.45) is 0 Å². The van der Waals surface area contributed by atoms with Crippen LogP contribution in [0.25, 0.3) is 0 Å². The number of nitrogens with one attached hydrogen (secondary N) is 1. The van der Waals surface area contributed by atoms with Gasteiger partial charge in [-0.05, 0) is 29.7 Å². The fourth-order valence-corrected chi connectivity index (χ4v) is 3.07. The maximum Gasteiger partial charge on any atom is 0.362 e. The van der Waals surface area contributed by atoms with E-state index in [0.717, 1.165) is 0 Å². The molecule has 2 rings (SSSR count). The number of nitrogens with zero attached hydrogens (tertiary/aromatic N) is 1. The van der Waals surface area contributed by atoms with Gasteiger partial charge in [0.15, 0.2) is 6.35 Å². The monoisotopic (exact) mass is 406 g/mol. The molecule has 0 bridgehead atoms. The molecule has 0 atom stereocenters. The SMILES string of the molecule is CC(C)c1cc(Cc2c(Cl)cc(OCP(=O)(O)O)cc2Cl)n[nH]c1=O. The molecule has 3 N–H and O–H groups in total. The summed E-state index contributed by atoms with van der Waals surface area (Å²) < 4.78 is 15.9. The van der Waals surface area contributed by atoms with E-state index in [1.54, 1.807) is 6.07 Å². The molecule has 0 saturated heterocycles. The van der Waals surface area contributed by atoms with E-state index in [2.05, 4.69) is 10.2 Å². The molecule has 0 fully saturated rings. The fraction of sp³-hybridized carbons (Fsp3) is 0.333. The lowest BCUT2D eigenvalue weighted by atomic mass is 10.0. The van der Waals surface area contributed by atoms with Crippen LogP contribution in [0, 0.1) is 0 Å². The molecule has 0 aliphatic rings. The van der Waals surface area contributed by atoms with Crippen LogP contribution in [0.15, 0.2) is 23.0 Å². The van der Waals surface area contributed by atoms with Crippen molar-refractivity contribution in [3.8, 4) is 5.75 Å². The lowest BCUT2D eigenvalue weighted by Crippen LogP contribution is -2.17. The number of hydrogen-bond acceptors (Lipinski definition) is 4. The van der Waals surface area contributed by atoms with Crippen LogP contribution < -0.4 is 10.3 Å². The molecule has 0 aliphatic heterocycles. The third-order valence-electron chi connectivity index (χ3n) is 3.38. The summed E-state index contributed by atoms with van der Waals surface area (Å²) in [7, 11) is -4.30. The van der Waals surface area contributed by atoms with Crippen molar-refractivity contribution in [1.82, 2.24) is 10.2 Å². The van der Waals surface area contributed by atoms with E-state index < -0.39 is 13.9 Å². The van der Waals surface area contributed by atoms with Crippen molar-refractivity contribution >= 4 is 30.8 Å². The summed E-state index contributed by atoms with van der Waals surface area (Å²) in [6.45, 7) is 3.81. The standard InChI is InChI=1S/C15H17Cl2N2O5P/c1-8(2)11-3-9(18-19-15(11)20)4-12-13(16)5-10(6-14(12)17)24-7-25(21,22)23/h3,5-6,8H,4,7H2,1-2H3,(H,19,20)(H2,21,22,23). The van der Waals surface area contributed by atoms with Crippen LogP contribution in [0.1, 0.15) is 36.6 Å². The van der Waals surface area contributed by atoms with Gasteiger partial charge in [-0.3, -0.25) is 9.36 Å². The van der Waals surface area contributed by atoms with Crippen LogP contribution in [0.4, 0.5) is 0 Å². The minimum Gasteiger partial charge on any atom is -0.481 e. The highest BCUT2D eigenvalue weighted by atomic mass is 35.5. The van der Waals surface area contributed by atoms with Gasteiger partial charge in [-0.15, -0.1) is 0 Å². The van der Waals surface area contributed by atoms with Crippen LogP contribution in [-0.2, 0) is 11.0 Å². The Kier molecular flexibility index (Phi) is 6.30. The zero-order valence-corrected chi connectivity index (χ0v) is 15.9. The number of hydrogen-bond donors (Lipinski definition) is 3. The third-order valence-corrected chi connectivity index (χ3v) is 4.52. The van der Waals surface area contributed by atoms with Gasteiger partial charge in [0.25, 0.3) is 5.56 Å². The number of H-pyrrole nitrogens is 1. The Morgan fingerprint density at radius 3 is 2.36 bits per heavy atom. The molecule has 1 heterocycles. The molecule has 0 spiro atoms. The Hall–Kier alpha value is -1.37. The number of rotatable bonds is 6. The fourth-order valence-electron chi connectivity index (χ4n) is 2.16. The Morgan fingerprint density at radius 1 is 1.24 bits per heavy atom. The predicted molar refractivity (Wildman–Crippen MR) is 95.8 cm³/mol. The quantitative estimate of drug-likeness (QED) is 0.634. The van der Waals surface area contributed by atoms with Crippen LogP contribution >= 0.6 is 30.8 Å². The predicted octanol–water partition coefficient (Wildman–Crippen LogP) is 3.30. The van der Waals surface area contributed by atoms with Gasteiger partial charge in [0, 0.05) is 22.0 Å².